The fraction of sp³-hybridized carbons (Fsp3) is 0.480. The lowest BCUT2D eigenvalue weighted by Gasteiger charge is -2.36. The van der Waals surface area contributed by atoms with Gasteiger partial charge in [0.1, 0.15) is 6.04 Å². The number of carboxylic acid groups (broad SMARTS) is 1. The fourth-order valence-electron chi connectivity index (χ4n) is 4.00. The Bertz CT molecular complexity index is 1190. The highest BCUT2D eigenvalue weighted by Crippen LogP contribution is 2.23. The molecule has 1 fully saturated rings. The van der Waals surface area contributed by atoms with Gasteiger partial charge in [0.05, 0.1) is 31.4 Å². The van der Waals surface area contributed by atoms with Crippen molar-refractivity contribution in [1.29, 1.82) is 0 Å². The highest BCUT2D eigenvalue weighted by Gasteiger charge is 2.38. The minimum Gasteiger partial charge on any atom is -0.481 e. The van der Waals surface area contributed by atoms with Crippen LogP contribution >= 0.6 is 0 Å². The lowest BCUT2D eigenvalue weighted by Crippen LogP contribution is -2.61. The number of amides is 2. The van der Waals surface area contributed by atoms with Crippen LogP contribution in [0.2, 0.25) is 0 Å². The lowest BCUT2D eigenvalue weighted by atomic mass is 9.98. The number of para-hydroxylation sites is 1. The van der Waals surface area contributed by atoms with E-state index >= 15 is 0 Å². The van der Waals surface area contributed by atoms with Crippen molar-refractivity contribution >= 4 is 23.8 Å². The molecule has 2 atom stereocenters. The molecule has 1 aliphatic heterocycles. The number of benzene rings is 1. The highest BCUT2D eigenvalue weighted by molar-refractivity contribution is 5.99. The first-order valence-corrected chi connectivity index (χ1v) is 12.6. The van der Waals surface area contributed by atoms with Gasteiger partial charge in [0, 0.05) is 32.1 Å². The molecule has 218 valence electrons. The van der Waals surface area contributed by atoms with E-state index in [1.807, 2.05) is 0 Å². The Kier molecular flexibility index (Phi) is 10.5. The van der Waals surface area contributed by atoms with Crippen molar-refractivity contribution in [2.75, 3.05) is 32.8 Å². The Morgan fingerprint density at radius 3 is 2.60 bits per heavy atom. The molecule has 40 heavy (non-hydrogen) atoms. The fourth-order valence-corrected chi connectivity index (χ4v) is 4.00. The monoisotopic (exact) mass is 569 g/mol. The Labute approximate surface area is 227 Å². The molecule has 0 bridgehead atoms. The second-order valence-electron chi connectivity index (χ2n) is 8.80. The molecule has 0 radical (unpaired) electrons. The van der Waals surface area contributed by atoms with Gasteiger partial charge in [0.15, 0.2) is 11.5 Å². The zero-order valence-corrected chi connectivity index (χ0v) is 21.6. The minimum absolute atomic E-state index is 0.0664. The van der Waals surface area contributed by atoms with Gasteiger partial charge in [-0.05, 0) is 25.5 Å². The van der Waals surface area contributed by atoms with Gasteiger partial charge in [-0.1, -0.05) is 18.2 Å². The maximum absolute atomic E-state index is 13.5. The number of halogens is 3. The molecule has 0 aliphatic carbocycles. The Morgan fingerprint density at radius 1 is 1.23 bits per heavy atom. The number of nitrogens with zero attached hydrogens (tertiary/aromatic N) is 3. The van der Waals surface area contributed by atoms with Gasteiger partial charge in [-0.25, -0.2) is 9.48 Å². The molecule has 3 N–H and O–H groups in total. The van der Waals surface area contributed by atoms with Crippen molar-refractivity contribution in [3.63, 3.8) is 0 Å². The standard InChI is InChI=1S/C25H30F3N5O7/c1-2-39-24(38)32-12-11-29-15-19(32)22(36)17(8-9-21(34)35)30-23(37)18-14-20(40-13-10-25(26,27)28)33(31-18)16-6-4-3-5-7-16/h3-7,14,17,19,29H,2,8-13,15H2,1H3,(H,30,37)(H,34,35)/t17-,19?/m0/s1. The first-order chi connectivity index (χ1) is 19.0. The summed E-state index contributed by atoms with van der Waals surface area (Å²) in [5, 5.41) is 18.8. The summed E-state index contributed by atoms with van der Waals surface area (Å²) in [7, 11) is 0. The van der Waals surface area contributed by atoms with E-state index in [2.05, 4.69) is 15.7 Å². The average Bonchev–Trinajstić information content (AvgIpc) is 3.34. The predicted octanol–water partition coefficient (Wildman–Crippen LogP) is 2.17. The van der Waals surface area contributed by atoms with Crippen LogP contribution in [0.15, 0.2) is 36.4 Å². The smallest absolute Gasteiger partial charge is 0.410 e. The largest absolute Gasteiger partial charge is 0.481 e. The van der Waals surface area contributed by atoms with Crippen LogP contribution in [0, 0.1) is 0 Å². The van der Waals surface area contributed by atoms with Gasteiger partial charge in [-0.2, -0.15) is 18.3 Å². The number of piperazine rings is 1. The van der Waals surface area contributed by atoms with Crippen LogP contribution in [0.4, 0.5) is 18.0 Å². The van der Waals surface area contributed by atoms with Crippen LogP contribution in [0.3, 0.4) is 0 Å². The number of Topliss-reactive ketones (excluding diaryl/α,β-unsaturated/α-hetero) is 1. The Hall–Kier alpha value is -4.14. The van der Waals surface area contributed by atoms with Crippen molar-refractivity contribution in [3.05, 3.63) is 42.1 Å². The van der Waals surface area contributed by atoms with Gasteiger partial charge in [0.2, 0.25) is 5.88 Å². The van der Waals surface area contributed by atoms with E-state index in [9.17, 15) is 37.5 Å². The van der Waals surface area contributed by atoms with Gasteiger partial charge in [-0.3, -0.25) is 19.3 Å². The van der Waals surface area contributed by atoms with E-state index in [1.165, 1.54) is 4.90 Å². The van der Waals surface area contributed by atoms with Crippen molar-refractivity contribution in [3.8, 4) is 11.6 Å². The van der Waals surface area contributed by atoms with Crippen LogP contribution in [-0.2, 0) is 14.3 Å². The summed E-state index contributed by atoms with van der Waals surface area (Å²) in [6.45, 7) is 1.61. The molecule has 1 aromatic heterocycles. The molecule has 2 amide bonds. The summed E-state index contributed by atoms with van der Waals surface area (Å²) in [4.78, 5) is 51.6. The third kappa shape index (κ3) is 8.43. The summed E-state index contributed by atoms with van der Waals surface area (Å²) in [6.07, 6.45) is -7.14. The number of aromatic nitrogens is 2. The van der Waals surface area contributed by atoms with Crippen molar-refractivity contribution < 1.29 is 46.9 Å². The van der Waals surface area contributed by atoms with Crippen LogP contribution in [-0.4, -0.2) is 94.6 Å². The van der Waals surface area contributed by atoms with E-state index < -0.39 is 61.5 Å². The quantitative estimate of drug-likeness (QED) is 0.349. The molecule has 1 aliphatic rings. The van der Waals surface area contributed by atoms with E-state index in [0.717, 1.165) is 10.7 Å². The third-order valence-electron chi connectivity index (χ3n) is 5.92. The van der Waals surface area contributed by atoms with Gasteiger partial charge >= 0.3 is 18.2 Å². The first-order valence-electron chi connectivity index (χ1n) is 12.6. The zero-order valence-electron chi connectivity index (χ0n) is 21.6. The average molecular weight is 570 g/mol. The van der Waals surface area contributed by atoms with Gasteiger partial charge < -0.3 is 25.2 Å². The van der Waals surface area contributed by atoms with Crippen LogP contribution < -0.4 is 15.4 Å². The molecule has 1 saturated heterocycles. The summed E-state index contributed by atoms with van der Waals surface area (Å²) < 4.78 is 49.4. The first kappa shape index (κ1) is 30.4. The summed E-state index contributed by atoms with van der Waals surface area (Å²) in [5.74, 6) is -2.84. The number of rotatable bonds is 12. The topological polar surface area (TPSA) is 152 Å². The number of ketones is 1. The maximum atomic E-state index is 13.5. The van der Waals surface area contributed by atoms with Crippen molar-refractivity contribution in [2.45, 2.75) is 44.4 Å². The number of alkyl halides is 3. The number of carboxylic acids is 1. The SMILES string of the molecule is CCOC(=O)N1CCNCC1C(=O)[C@H](CCC(=O)O)NC(=O)c1cc(OCCC(F)(F)F)n(-c2ccccc2)n1. The molecule has 2 aromatic rings. The van der Waals surface area contributed by atoms with Gasteiger partial charge in [-0.15, -0.1) is 0 Å². The number of hydrogen-bond donors (Lipinski definition) is 3. The molecule has 3 rings (SSSR count). The lowest BCUT2D eigenvalue weighted by molar-refractivity contribution is -0.140. The molecule has 2 heterocycles. The van der Waals surface area contributed by atoms with E-state index in [4.69, 9.17) is 9.47 Å². The molecule has 0 saturated carbocycles. The van der Waals surface area contributed by atoms with Gasteiger partial charge in [0.25, 0.3) is 5.91 Å². The Balaban J connectivity index is 1.85. The molecule has 1 unspecified atom stereocenters. The maximum Gasteiger partial charge on any atom is 0.410 e. The predicted molar refractivity (Wildman–Crippen MR) is 133 cm³/mol. The normalized spacial score (nSPS) is 16.2. The van der Waals surface area contributed by atoms with Crippen LogP contribution in [0.25, 0.3) is 5.69 Å². The van der Waals surface area contributed by atoms with Crippen LogP contribution in [0.1, 0.15) is 36.7 Å². The number of hydrogen-bond acceptors (Lipinski definition) is 8. The molecular weight excluding hydrogens is 539 g/mol. The van der Waals surface area contributed by atoms with E-state index in [0.29, 0.717) is 12.2 Å². The third-order valence-corrected chi connectivity index (χ3v) is 5.92. The molecule has 1 aromatic carbocycles. The van der Waals surface area contributed by atoms with Crippen LogP contribution in [0.5, 0.6) is 5.88 Å². The Morgan fingerprint density at radius 2 is 1.95 bits per heavy atom. The number of aliphatic carboxylic acids is 1. The van der Waals surface area contributed by atoms with Crippen molar-refractivity contribution in [1.82, 2.24) is 25.3 Å². The highest BCUT2D eigenvalue weighted by atomic mass is 19.4. The number of ether oxygens (including phenoxy) is 2. The molecule has 12 nitrogen and oxygen atoms in total. The number of carbonyl (C=O) groups excluding carboxylic acids is 3. The second kappa shape index (κ2) is 13.8. The number of nitrogens with one attached hydrogen (secondary N) is 2. The summed E-state index contributed by atoms with van der Waals surface area (Å²) >= 11 is 0. The minimum atomic E-state index is -4.46. The zero-order chi connectivity index (χ0) is 29.3. The van der Waals surface area contributed by atoms with E-state index in [-0.39, 0.29) is 37.7 Å². The second-order valence-corrected chi connectivity index (χ2v) is 8.80. The molecule has 0 spiro atoms. The summed E-state index contributed by atoms with van der Waals surface area (Å²) in [5.41, 5.74) is 0.128. The van der Waals surface area contributed by atoms with E-state index in [1.54, 1.807) is 37.3 Å². The number of carbonyl (C=O) groups is 4. The van der Waals surface area contributed by atoms with Crippen molar-refractivity contribution in [2.24, 2.45) is 0 Å². The summed E-state index contributed by atoms with van der Waals surface area (Å²) in [6, 6.07) is 7.01. The molecule has 15 heteroatoms. The molecular formula is C25H30F3N5O7.